The Morgan fingerprint density at radius 2 is 0.661 bits per heavy atom. The van der Waals surface area contributed by atoms with Crippen molar-refractivity contribution in [3.8, 4) is 0 Å². The molecule has 3 aromatic carbocycles. The molecule has 4 aromatic rings. The van der Waals surface area contributed by atoms with E-state index in [4.69, 9.17) is 51.3 Å². The smallest absolute Gasteiger partial charge is 0.303 e. The van der Waals surface area contributed by atoms with Gasteiger partial charge in [0.15, 0.2) is 5.96 Å². The lowest BCUT2D eigenvalue weighted by molar-refractivity contribution is -0.139. The van der Waals surface area contributed by atoms with E-state index in [0.717, 1.165) is 6.92 Å². The number of carbonyl (C=O) groups excluding carboxylic acids is 16. The molecular weight excluding hydrogens is 1460 g/mol. The molecule has 40 nitrogen and oxygen atoms in total. The van der Waals surface area contributed by atoms with Crippen molar-refractivity contribution in [3.63, 3.8) is 0 Å². The number of guanidine groups is 1. The second kappa shape index (κ2) is 48.0. The number of nitrogens with two attached hydrogens (primary N) is 8. The largest absolute Gasteiger partial charge is 0.481 e. The number of carbonyl (C=O) groups is 17. The Kier molecular flexibility index (Phi) is 39.3. The van der Waals surface area contributed by atoms with Gasteiger partial charge in [-0.2, -0.15) is 0 Å². The number of benzene rings is 3. The number of amides is 16. The fourth-order valence-electron chi connectivity index (χ4n) is 11.6. The highest BCUT2D eigenvalue weighted by atomic mass is 16.4. The van der Waals surface area contributed by atoms with E-state index in [1.165, 1.54) is 0 Å². The minimum Gasteiger partial charge on any atom is -0.481 e. The van der Waals surface area contributed by atoms with E-state index >= 15 is 14.4 Å². The average molecular weight is 1570 g/mol. The third-order valence-corrected chi connectivity index (χ3v) is 17.5. The van der Waals surface area contributed by atoms with Crippen LogP contribution in [0.2, 0.25) is 0 Å². The molecule has 0 fully saturated rings. The van der Waals surface area contributed by atoms with Crippen LogP contribution in [-0.4, -0.2) is 203 Å². The molecular formula is C72H104N22O18. The molecule has 31 N–H and O–H groups in total. The predicted octanol–water partition coefficient (Wildman–Crippen LogP) is -6.30. The molecule has 1 heterocycles. The minimum atomic E-state index is -1.80. The second-order valence-corrected chi connectivity index (χ2v) is 26.5. The number of rotatable bonds is 53. The van der Waals surface area contributed by atoms with E-state index in [0.29, 0.717) is 27.6 Å². The van der Waals surface area contributed by atoms with Gasteiger partial charge in [-0.15, -0.1) is 0 Å². The number of hydrogen-bond donors (Lipinski definition) is 23. The summed E-state index contributed by atoms with van der Waals surface area (Å²) in [6.45, 7) is 1.03. The second-order valence-electron chi connectivity index (χ2n) is 26.5. The maximum absolute atomic E-state index is 15.2. The maximum atomic E-state index is 15.2. The van der Waals surface area contributed by atoms with Crippen LogP contribution < -0.4 is 110 Å². The van der Waals surface area contributed by atoms with Crippen molar-refractivity contribution in [2.75, 3.05) is 19.6 Å². The maximum Gasteiger partial charge on any atom is 0.303 e. The van der Waals surface area contributed by atoms with Crippen LogP contribution in [0.1, 0.15) is 126 Å². The molecule has 4 rings (SSSR count). The van der Waals surface area contributed by atoms with Gasteiger partial charge in [-0.05, 0) is 106 Å². The summed E-state index contributed by atoms with van der Waals surface area (Å²) < 4.78 is 0. The summed E-state index contributed by atoms with van der Waals surface area (Å²) in [5.41, 5.74) is 46.4. The van der Waals surface area contributed by atoms with Crippen molar-refractivity contribution in [1.82, 2.24) is 68.8 Å². The summed E-state index contributed by atoms with van der Waals surface area (Å²) in [6, 6.07) is 5.87. The number of H-pyrrole nitrogens is 1. The number of nitrogens with one attached hydrogen (secondary N) is 14. The summed E-state index contributed by atoms with van der Waals surface area (Å²) in [6.07, 6.45) is -4.35. The van der Waals surface area contributed by atoms with E-state index in [-0.39, 0.29) is 96.7 Å². The first-order chi connectivity index (χ1) is 53.2. The molecule has 112 heavy (non-hydrogen) atoms. The SMILES string of the molecule is CC(=O)N[C@@H](CCC(N)=O)C(=O)N[C@@H](CCC(N)=O)C(=O)N[C@@H](CCCNC(=N)N)C(=O)N[C@@H](Cc1ccccc1)C(=O)N[C@@H](CCCN)C(=O)N[C@@H](Cc1c[nH]c2ccccc12)C(=O)N[C@@H](CCCN)C(=O)N[C@@H](Cc1ccccc1)C(=O)N[C@@H](CCC(=O)O)C(=O)N[C@@H](CCC(N)=O)C(=O)N[C@@H](CCC(N)=O)C(N)=O. The summed E-state index contributed by atoms with van der Waals surface area (Å²) in [5, 5.41) is 48.5. The zero-order chi connectivity index (χ0) is 83.0. The fraction of sp³-hybridized carbons (Fsp3) is 0.472. The summed E-state index contributed by atoms with van der Waals surface area (Å²) in [4.78, 5) is 232. The normalized spacial score (nSPS) is 13.9. The van der Waals surface area contributed by atoms with Crippen LogP contribution in [-0.2, 0) is 101 Å². The highest BCUT2D eigenvalue weighted by Crippen LogP contribution is 2.21. The van der Waals surface area contributed by atoms with Crippen LogP contribution in [0.25, 0.3) is 10.9 Å². The van der Waals surface area contributed by atoms with Gasteiger partial charge < -0.3 is 120 Å². The van der Waals surface area contributed by atoms with Gasteiger partial charge in [0.1, 0.15) is 66.5 Å². The van der Waals surface area contributed by atoms with E-state index in [2.05, 4.69) is 68.8 Å². The number of primary amides is 5. The third kappa shape index (κ3) is 33.9. The molecule has 0 saturated heterocycles. The zero-order valence-electron chi connectivity index (χ0n) is 62.1. The Bertz CT molecular complexity index is 3940. The summed E-state index contributed by atoms with van der Waals surface area (Å²) in [5.74, 6) is -17.3. The first kappa shape index (κ1) is 91.8. The molecule has 0 spiro atoms. The standard InChI is InChI=1S/C72H104N22O18/c1-39(95)84-49(23-28-57(76)97)65(106)89-51(25-30-59(78)99)67(108)86-48(21-12-34-82-72(80)81)64(105)93-53(35-40-13-4-2-5-14-40)69(110)87-47(20-11-33-74)63(104)94-55(37-42-38-83-44-18-9-8-17-43(42)44)71(112)88-46(19-10-32-73)62(103)92-54(36-41-15-6-3-7-16-41)70(111)91-52(26-31-60(100)101)68(109)90-50(24-29-58(77)98)66(107)85-45(61(79)102)22-27-56(75)96/h2-9,13-18,38,45-55,83H,10-12,19-37,73-74H2,1H3,(H2,75,96)(H2,76,97)(H2,77,98)(H2,78,99)(H2,79,102)(H,84,95)(H,85,107)(H,86,108)(H,87,110)(H,88,112)(H,89,106)(H,90,109)(H,91,111)(H,92,103)(H,93,105)(H,94,104)(H,100,101)(H4,80,81,82)/t45-,46-,47-,48-,49-,50-,51-,52-,53-,54-,55-/m0/s1. The zero-order valence-corrected chi connectivity index (χ0v) is 62.1. The Morgan fingerprint density at radius 1 is 0.366 bits per heavy atom. The molecule has 0 bridgehead atoms. The molecule has 0 aliphatic carbocycles. The molecule has 610 valence electrons. The van der Waals surface area contributed by atoms with Gasteiger partial charge in [0.05, 0.1) is 0 Å². The van der Waals surface area contributed by atoms with Gasteiger partial charge in [-0.3, -0.25) is 86.9 Å². The first-order valence-electron chi connectivity index (χ1n) is 36.2. The van der Waals surface area contributed by atoms with Crippen molar-refractivity contribution in [3.05, 3.63) is 108 Å². The lowest BCUT2D eigenvalue weighted by Gasteiger charge is -2.29. The van der Waals surface area contributed by atoms with Gasteiger partial charge in [-0.25, -0.2) is 0 Å². The molecule has 0 aliphatic rings. The number of aromatic nitrogens is 1. The van der Waals surface area contributed by atoms with Crippen LogP contribution in [0.3, 0.4) is 0 Å². The van der Waals surface area contributed by atoms with Crippen molar-refractivity contribution >= 4 is 117 Å². The van der Waals surface area contributed by atoms with Crippen molar-refractivity contribution in [1.29, 1.82) is 5.41 Å². The van der Waals surface area contributed by atoms with E-state index in [1.807, 2.05) is 0 Å². The number of hydrogen-bond acceptors (Lipinski definition) is 20. The quantitative estimate of drug-likeness (QED) is 0.0111. The Labute approximate surface area is 644 Å². The fourth-order valence-corrected chi connectivity index (χ4v) is 11.6. The molecule has 0 saturated carbocycles. The highest BCUT2D eigenvalue weighted by Gasteiger charge is 2.38. The monoisotopic (exact) mass is 1560 g/mol. The third-order valence-electron chi connectivity index (χ3n) is 17.5. The minimum absolute atomic E-state index is 0.0104. The topological polar surface area (TPSA) is 703 Å². The average Bonchev–Trinajstić information content (AvgIpc) is 1.65. The molecule has 11 atom stereocenters. The van der Waals surface area contributed by atoms with Gasteiger partial charge in [0.25, 0.3) is 0 Å². The Morgan fingerprint density at radius 3 is 1.00 bits per heavy atom. The van der Waals surface area contributed by atoms with Gasteiger partial charge in [0.2, 0.25) is 94.5 Å². The predicted molar refractivity (Wildman–Crippen MR) is 405 cm³/mol. The Balaban J connectivity index is 1.75. The van der Waals surface area contributed by atoms with Crippen LogP contribution >= 0.6 is 0 Å². The number of aliphatic carboxylic acids is 1. The molecule has 0 unspecified atom stereocenters. The molecule has 16 amide bonds. The van der Waals surface area contributed by atoms with Gasteiger partial charge in [0, 0.05) is 81.9 Å². The summed E-state index contributed by atoms with van der Waals surface area (Å²) >= 11 is 0. The van der Waals surface area contributed by atoms with Crippen LogP contribution in [0, 0.1) is 5.41 Å². The number of carboxylic acids is 1. The van der Waals surface area contributed by atoms with Crippen LogP contribution in [0.5, 0.6) is 0 Å². The molecule has 40 heteroatoms. The highest BCUT2D eigenvalue weighted by molar-refractivity contribution is 6.00. The summed E-state index contributed by atoms with van der Waals surface area (Å²) in [7, 11) is 0. The lowest BCUT2D eigenvalue weighted by atomic mass is 10.0. The van der Waals surface area contributed by atoms with Gasteiger partial charge in [-0.1, -0.05) is 78.9 Å². The number of para-hydroxylation sites is 1. The number of fused-ring (bicyclic) bond motifs is 1. The van der Waals surface area contributed by atoms with Crippen molar-refractivity contribution in [2.45, 2.75) is 195 Å². The van der Waals surface area contributed by atoms with E-state index in [9.17, 15) is 72.2 Å². The molecule has 0 aliphatic heterocycles. The molecule has 0 radical (unpaired) electrons. The lowest BCUT2D eigenvalue weighted by Crippen LogP contribution is -2.61. The first-order valence-corrected chi connectivity index (χ1v) is 36.2. The van der Waals surface area contributed by atoms with Crippen LogP contribution in [0.4, 0.5) is 0 Å². The van der Waals surface area contributed by atoms with Crippen LogP contribution in [0.15, 0.2) is 91.1 Å². The molecule has 1 aromatic heterocycles. The number of carboxylic acid groups (broad SMARTS) is 1. The van der Waals surface area contributed by atoms with Crippen molar-refractivity contribution in [2.24, 2.45) is 45.9 Å². The van der Waals surface area contributed by atoms with E-state index in [1.54, 1.807) is 91.1 Å². The van der Waals surface area contributed by atoms with E-state index < -0.39 is 218 Å². The van der Waals surface area contributed by atoms with Gasteiger partial charge >= 0.3 is 5.97 Å². The number of aromatic amines is 1. The Hall–Kier alpha value is -12.6. The van der Waals surface area contributed by atoms with Crippen molar-refractivity contribution < 1.29 is 86.6 Å².